The van der Waals surface area contributed by atoms with Gasteiger partial charge in [-0.15, -0.1) is 0 Å². The van der Waals surface area contributed by atoms with E-state index in [2.05, 4.69) is 63.5 Å². The number of aliphatic hydroxyl groups excluding tert-OH is 2. The number of nitrogens with one attached hydrogen (secondary N) is 13. The molecule has 0 bridgehead atoms. The van der Waals surface area contributed by atoms with Crippen LogP contribution in [-0.4, -0.2) is 251 Å². The maximum atomic E-state index is 14.8. The highest BCUT2D eigenvalue weighted by molar-refractivity contribution is 6.01. The van der Waals surface area contributed by atoms with Crippen LogP contribution in [0.4, 0.5) is 0 Å². The third-order valence-corrected chi connectivity index (χ3v) is 18.7. The van der Waals surface area contributed by atoms with E-state index in [1.54, 1.807) is 44.3 Å². The molecule has 0 spiro atoms. The molecule has 39 heteroatoms. The Labute approximate surface area is 643 Å². The second kappa shape index (κ2) is 42.3. The number of amides is 13. The SMILES string of the molecule is CC(C)C[C@H](NC(=O)[C@H](Cc1c[nH]c2ccccc12)NC(=O)[C@H](C)NC(=O)[C@H](CCCNC(=N)N)NC(=O)[C@@H](N)CC(N)=O)C(=O)N[C@@H](Cc1ccc(O)cc1)C(=O)N[C@@H](C)C(=O)N1CCC[C@H]1C(=O)N[C@@H](CCC(=O)O)C(=O)N[C@@H](CO)C(=O)N[C@H](C(=O)N1CCC[C@H]1C(=O)N[C@@H](Cc1ccc(O)cc1)C(=O)O)[C@@H](C)O. The molecule has 0 saturated carbocycles. The number of carboxylic acids is 2. The number of hydrogen-bond acceptors (Lipinski definition) is 21. The van der Waals surface area contributed by atoms with Crippen LogP contribution in [0.1, 0.15) is 116 Å². The number of phenols is 2. The zero-order valence-corrected chi connectivity index (χ0v) is 62.6. The Morgan fingerprint density at radius 1 is 0.545 bits per heavy atom. The fourth-order valence-electron chi connectivity index (χ4n) is 12.8. The molecule has 6 rings (SSSR count). The number of guanidine groups is 1. The van der Waals surface area contributed by atoms with Crippen LogP contribution in [0.25, 0.3) is 10.9 Å². The summed E-state index contributed by atoms with van der Waals surface area (Å²) in [6.07, 6.45) is -2.11. The van der Waals surface area contributed by atoms with Gasteiger partial charge in [-0.3, -0.25) is 72.5 Å². The number of para-hydroxylation sites is 1. The van der Waals surface area contributed by atoms with Gasteiger partial charge in [-0.25, -0.2) is 4.79 Å². The predicted octanol–water partition coefficient (Wildman–Crippen LogP) is -4.69. The van der Waals surface area contributed by atoms with Crippen molar-refractivity contribution in [3.63, 3.8) is 0 Å². The molecule has 2 aliphatic rings. The molecule has 3 heterocycles. The lowest BCUT2D eigenvalue weighted by molar-refractivity contribution is -0.146. The van der Waals surface area contributed by atoms with E-state index in [-0.39, 0.29) is 107 Å². The Morgan fingerprint density at radius 2 is 1.02 bits per heavy atom. The summed E-state index contributed by atoms with van der Waals surface area (Å²) < 4.78 is 0. The number of hydrogen-bond donors (Lipinski definition) is 22. The average molecular weight is 1570 g/mol. The van der Waals surface area contributed by atoms with Crippen LogP contribution in [0, 0.1) is 11.3 Å². The standard InChI is InChI=1S/C73H102N18O21/c1-36(2)29-50(85-66(105)52(32-42-34-79-47-12-7-6-11-45(42)47)84-60(99)37(3)80-62(101)48(13-8-26-78-73(76)77)82-61(100)46(74)33-57(75)96)65(104)86-51(30-40-16-20-43(94)21-17-40)64(103)81-38(4)70(109)90-27-9-14-55(90)68(107)83-49(24-25-58(97)98)63(102)88-54(35-92)67(106)89-59(39(5)93)71(110)91-28-10-15-56(91)69(108)87-53(72(111)112)31-41-18-22-44(95)23-19-41/h6-7,11-12,16-23,34,36-39,46,48-56,59,79,92-95H,8-10,13-15,24-33,35,74H2,1-5H3,(H2,75,96)(H,80,101)(H,81,103)(H,82,100)(H,83,107)(H,84,99)(H,85,105)(H,86,104)(H,87,108)(H,88,102)(H,89,106)(H,97,98)(H,111,112)(H4,76,77,78)/t37-,38-,39+,46-,48-,49-,50-,51-,52-,53-,54-,55-,56-,59-/m0/s1. The number of carbonyl (C=O) groups is 15. The van der Waals surface area contributed by atoms with Crippen molar-refractivity contribution in [2.24, 2.45) is 23.1 Å². The molecule has 25 N–H and O–H groups in total. The largest absolute Gasteiger partial charge is 0.508 e. The van der Waals surface area contributed by atoms with Gasteiger partial charge in [-0.1, -0.05) is 56.3 Å². The quantitative estimate of drug-likeness (QED) is 0.0113. The van der Waals surface area contributed by atoms with Gasteiger partial charge in [0.2, 0.25) is 76.8 Å². The third kappa shape index (κ3) is 26.7. The number of aliphatic carboxylic acids is 2. The lowest BCUT2D eigenvalue weighted by atomic mass is 9.99. The predicted molar refractivity (Wildman–Crippen MR) is 399 cm³/mol. The van der Waals surface area contributed by atoms with E-state index in [4.69, 9.17) is 22.6 Å². The van der Waals surface area contributed by atoms with Gasteiger partial charge in [-0.05, 0) is 125 Å². The highest BCUT2D eigenvalue weighted by Gasteiger charge is 2.43. The first-order valence-corrected chi connectivity index (χ1v) is 36.6. The molecular weight excluding hydrogens is 1460 g/mol. The first-order chi connectivity index (χ1) is 52.9. The number of primary amides is 1. The summed E-state index contributed by atoms with van der Waals surface area (Å²) in [5.41, 5.74) is 18.6. The molecule has 0 unspecified atom stereocenters. The fraction of sp³-hybridized carbons (Fsp3) is 0.507. The normalized spacial score (nSPS) is 17.2. The molecule has 4 aromatic rings. The van der Waals surface area contributed by atoms with Gasteiger partial charge in [0.05, 0.1) is 25.2 Å². The Balaban J connectivity index is 1.15. The minimum Gasteiger partial charge on any atom is -0.508 e. The van der Waals surface area contributed by atoms with Crippen LogP contribution in [0.3, 0.4) is 0 Å². The van der Waals surface area contributed by atoms with E-state index >= 15 is 0 Å². The Morgan fingerprint density at radius 3 is 1.57 bits per heavy atom. The molecule has 1 aromatic heterocycles. The summed E-state index contributed by atoms with van der Waals surface area (Å²) in [4.78, 5) is 211. The molecule has 610 valence electrons. The number of benzene rings is 3. The van der Waals surface area contributed by atoms with Crippen LogP contribution in [0.5, 0.6) is 11.5 Å². The number of aromatic amines is 1. The summed E-state index contributed by atoms with van der Waals surface area (Å²) in [5, 5.41) is 96.4. The molecule has 13 amide bonds. The van der Waals surface area contributed by atoms with E-state index in [9.17, 15) is 103 Å². The van der Waals surface area contributed by atoms with Gasteiger partial charge in [0.15, 0.2) is 5.96 Å². The van der Waals surface area contributed by atoms with Crippen LogP contribution in [0.2, 0.25) is 0 Å². The molecule has 112 heavy (non-hydrogen) atoms. The first kappa shape index (κ1) is 88.9. The second-order valence-electron chi connectivity index (χ2n) is 28.1. The molecular formula is C73H102N18O21. The van der Waals surface area contributed by atoms with Crippen LogP contribution in [0.15, 0.2) is 79.0 Å². The smallest absolute Gasteiger partial charge is 0.326 e. The number of carbonyl (C=O) groups excluding carboxylic acids is 13. The molecule has 3 aromatic carbocycles. The van der Waals surface area contributed by atoms with Crippen LogP contribution < -0.4 is 75.7 Å². The topological polar surface area (TPSA) is 634 Å². The van der Waals surface area contributed by atoms with Crippen molar-refractivity contribution in [1.29, 1.82) is 5.41 Å². The summed E-state index contributed by atoms with van der Waals surface area (Å²) in [6, 6.07) is -1.52. The van der Waals surface area contributed by atoms with Gasteiger partial charge >= 0.3 is 11.9 Å². The van der Waals surface area contributed by atoms with Gasteiger partial charge in [-0.2, -0.15) is 0 Å². The number of carboxylic acid groups (broad SMARTS) is 2. The molecule has 2 fully saturated rings. The number of likely N-dealkylation sites (tertiary alicyclic amines) is 2. The Kier molecular flexibility index (Phi) is 33.5. The molecule has 0 aliphatic carbocycles. The van der Waals surface area contributed by atoms with Gasteiger partial charge in [0.25, 0.3) is 0 Å². The second-order valence-corrected chi connectivity index (χ2v) is 28.1. The van der Waals surface area contributed by atoms with E-state index in [1.165, 1.54) is 62.4 Å². The maximum Gasteiger partial charge on any atom is 0.326 e. The maximum absolute atomic E-state index is 14.8. The number of fused-ring (bicyclic) bond motifs is 1. The van der Waals surface area contributed by atoms with Crippen LogP contribution in [-0.2, 0) is 91.2 Å². The van der Waals surface area contributed by atoms with Crippen molar-refractivity contribution in [2.75, 3.05) is 26.2 Å². The minimum atomic E-state index is -1.93. The zero-order chi connectivity index (χ0) is 82.8. The molecule has 39 nitrogen and oxygen atoms in total. The van der Waals surface area contributed by atoms with Crippen LogP contribution >= 0.6 is 0 Å². The highest BCUT2D eigenvalue weighted by Crippen LogP contribution is 2.24. The molecule has 2 aliphatic heterocycles. The first-order valence-electron chi connectivity index (χ1n) is 36.6. The number of nitrogens with two attached hydrogens (primary N) is 3. The summed E-state index contributed by atoms with van der Waals surface area (Å²) in [5.74, 6) is -16.2. The van der Waals surface area contributed by atoms with Crippen molar-refractivity contribution in [3.05, 3.63) is 95.7 Å². The average Bonchev–Trinajstić information content (AvgIpc) is 1.67. The highest BCUT2D eigenvalue weighted by atomic mass is 16.4. The lowest BCUT2D eigenvalue weighted by Gasteiger charge is -2.31. The number of nitrogens with zero attached hydrogens (tertiary/aromatic N) is 2. The van der Waals surface area contributed by atoms with Crippen molar-refractivity contribution in [2.45, 2.75) is 203 Å². The van der Waals surface area contributed by atoms with Crippen molar-refractivity contribution >= 4 is 106 Å². The monoisotopic (exact) mass is 1570 g/mol. The summed E-state index contributed by atoms with van der Waals surface area (Å²) in [7, 11) is 0. The number of rotatable bonds is 42. The molecule has 14 atom stereocenters. The molecule has 0 radical (unpaired) electrons. The van der Waals surface area contributed by atoms with Gasteiger partial charge in [0.1, 0.15) is 84.0 Å². The van der Waals surface area contributed by atoms with Crippen molar-refractivity contribution < 1.29 is 103 Å². The summed E-state index contributed by atoms with van der Waals surface area (Å²) in [6.45, 7) is 6.01. The van der Waals surface area contributed by atoms with Gasteiger partial charge < -0.3 is 121 Å². The lowest BCUT2D eigenvalue weighted by Crippen LogP contribution is -2.62. The van der Waals surface area contributed by atoms with Gasteiger partial charge in [0, 0.05) is 62.4 Å². The van der Waals surface area contributed by atoms with E-state index < -0.39 is 199 Å². The van der Waals surface area contributed by atoms with E-state index in [0.717, 1.165) is 16.7 Å². The Bertz CT molecular complexity index is 4050. The molecule has 2 saturated heterocycles. The third-order valence-electron chi connectivity index (χ3n) is 18.7. The fourth-order valence-corrected chi connectivity index (χ4v) is 12.8. The van der Waals surface area contributed by atoms with Crippen molar-refractivity contribution in [1.82, 2.24) is 73.3 Å². The Hall–Kier alpha value is -12.0. The number of phenolic OH excluding ortho intramolecular Hbond substituents is 2. The number of aliphatic hydroxyl groups is 2. The zero-order valence-electron chi connectivity index (χ0n) is 62.6. The van der Waals surface area contributed by atoms with Crippen molar-refractivity contribution in [3.8, 4) is 11.5 Å². The number of aromatic hydroxyl groups is 2. The minimum absolute atomic E-state index is 0.0199. The van der Waals surface area contributed by atoms with E-state index in [0.29, 0.717) is 27.6 Å². The number of aromatic nitrogens is 1. The summed E-state index contributed by atoms with van der Waals surface area (Å²) >= 11 is 0. The van der Waals surface area contributed by atoms with E-state index in [1.807, 2.05) is 0 Å². The number of H-pyrrole nitrogens is 1.